The Hall–Kier alpha value is -2.50. The molecule has 2 heterocycles. The Bertz CT molecular complexity index is 789. The van der Waals surface area contributed by atoms with Gasteiger partial charge in [0.1, 0.15) is 0 Å². The molecule has 0 aliphatic heterocycles. The maximum atomic E-state index is 12.0. The van der Waals surface area contributed by atoms with Crippen LogP contribution in [0.5, 0.6) is 0 Å². The number of nitrogens with one attached hydrogen (secondary N) is 1. The SMILES string of the molecule is Cc1ccc2c(c1)c(=O)cc(C)n2Cc1nn[nH]n1. The van der Waals surface area contributed by atoms with Crippen molar-refractivity contribution >= 4 is 10.9 Å². The van der Waals surface area contributed by atoms with E-state index < -0.39 is 0 Å². The second kappa shape index (κ2) is 4.31. The van der Waals surface area contributed by atoms with Gasteiger partial charge < -0.3 is 4.57 Å². The molecule has 0 spiro atoms. The van der Waals surface area contributed by atoms with Crippen LogP contribution in [0.3, 0.4) is 0 Å². The van der Waals surface area contributed by atoms with Crippen LogP contribution in [0.2, 0.25) is 0 Å². The molecule has 0 fully saturated rings. The van der Waals surface area contributed by atoms with Crippen molar-refractivity contribution in [3.63, 3.8) is 0 Å². The molecule has 0 amide bonds. The van der Waals surface area contributed by atoms with Crippen molar-refractivity contribution in [3.05, 3.63) is 51.6 Å². The third kappa shape index (κ3) is 2.01. The van der Waals surface area contributed by atoms with E-state index >= 15 is 0 Å². The first-order valence-electron chi connectivity index (χ1n) is 5.98. The zero-order valence-electron chi connectivity index (χ0n) is 10.7. The molecule has 96 valence electrons. The van der Waals surface area contributed by atoms with Crippen LogP contribution in [-0.4, -0.2) is 25.2 Å². The van der Waals surface area contributed by atoms with Crippen LogP contribution in [0.4, 0.5) is 0 Å². The average molecular weight is 255 g/mol. The normalized spacial score (nSPS) is 11.1. The first kappa shape index (κ1) is 11.6. The lowest BCUT2D eigenvalue weighted by Crippen LogP contribution is -2.13. The first-order chi connectivity index (χ1) is 9.15. The Morgan fingerprint density at radius 2 is 2.11 bits per heavy atom. The molecule has 19 heavy (non-hydrogen) atoms. The number of hydrogen-bond acceptors (Lipinski definition) is 4. The van der Waals surface area contributed by atoms with Crippen LogP contribution in [0.25, 0.3) is 10.9 Å². The fourth-order valence-electron chi connectivity index (χ4n) is 2.22. The summed E-state index contributed by atoms with van der Waals surface area (Å²) >= 11 is 0. The van der Waals surface area contributed by atoms with Gasteiger partial charge in [0.2, 0.25) is 0 Å². The largest absolute Gasteiger partial charge is 0.337 e. The van der Waals surface area contributed by atoms with E-state index in [4.69, 9.17) is 0 Å². The highest BCUT2D eigenvalue weighted by Gasteiger charge is 2.09. The van der Waals surface area contributed by atoms with Crippen LogP contribution in [0.1, 0.15) is 17.1 Å². The number of aromatic nitrogens is 5. The van der Waals surface area contributed by atoms with E-state index in [1.807, 2.05) is 36.6 Å². The van der Waals surface area contributed by atoms with Gasteiger partial charge in [-0.15, -0.1) is 10.2 Å². The van der Waals surface area contributed by atoms with Gasteiger partial charge in [-0.1, -0.05) is 16.8 Å². The number of benzene rings is 1. The summed E-state index contributed by atoms with van der Waals surface area (Å²) in [5, 5.41) is 14.6. The Morgan fingerprint density at radius 1 is 1.26 bits per heavy atom. The molecule has 6 heteroatoms. The molecule has 0 unspecified atom stereocenters. The van der Waals surface area contributed by atoms with E-state index in [0.29, 0.717) is 17.8 Å². The predicted octanol–water partition coefficient (Wildman–Crippen LogP) is 1.18. The molecule has 0 aliphatic rings. The molecular formula is C13H13N5O. The number of hydrogen-bond donors (Lipinski definition) is 1. The highest BCUT2D eigenvalue weighted by molar-refractivity contribution is 5.80. The lowest BCUT2D eigenvalue weighted by Gasteiger charge is -2.12. The lowest BCUT2D eigenvalue weighted by atomic mass is 10.1. The summed E-state index contributed by atoms with van der Waals surface area (Å²) in [6.07, 6.45) is 0. The molecule has 0 saturated heterocycles. The van der Waals surface area contributed by atoms with Crippen molar-refractivity contribution in [2.45, 2.75) is 20.4 Å². The lowest BCUT2D eigenvalue weighted by molar-refractivity contribution is 0.743. The molecule has 2 aromatic heterocycles. The molecule has 0 radical (unpaired) electrons. The summed E-state index contributed by atoms with van der Waals surface area (Å²) in [5.74, 6) is 0.591. The first-order valence-corrected chi connectivity index (χ1v) is 5.98. The minimum atomic E-state index is 0.0422. The zero-order valence-corrected chi connectivity index (χ0v) is 10.7. The number of aromatic amines is 1. The second-order valence-electron chi connectivity index (χ2n) is 4.58. The summed E-state index contributed by atoms with van der Waals surface area (Å²) < 4.78 is 2.01. The quantitative estimate of drug-likeness (QED) is 0.746. The minimum absolute atomic E-state index is 0.0422. The minimum Gasteiger partial charge on any atom is -0.337 e. The van der Waals surface area contributed by atoms with E-state index in [9.17, 15) is 4.79 Å². The average Bonchev–Trinajstić information content (AvgIpc) is 2.87. The van der Waals surface area contributed by atoms with Crippen molar-refractivity contribution in [1.82, 2.24) is 25.2 Å². The van der Waals surface area contributed by atoms with Crippen LogP contribution in [0, 0.1) is 13.8 Å². The zero-order chi connectivity index (χ0) is 13.4. The maximum Gasteiger partial charge on any atom is 0.194 e. The monoisotopic (exact) mass is 255 g/mol. The van der Waals surface area contributed by atoms with Crippen molar-refractivity contribution in [2.24, 2.45) is 0 Å². The molecule has 0 saturated carbocycles. The number of pyridine rings is 1. The van der Waals surface area contributed by atoms with Gasteiger partial charge in [-0.05, 0) is 26.0 Å². The third-order valence-corrected chi connectivity index (χ3v) is 3.16. The van der Waals surface area contributed by atoms with Gasteiger partial charge in [0, 0.05) is 17.1 Å². The fourth-order valence-corrected chi connectivity index (χ4v) is 2.22. The summed E-state index contributed by atoms with van der Waals surface area (Å²) in [7, 11) is 0. The smallest absolute Gasteiger partial charge is 0.194 e. The predicted molar refractivity (Wildman–Crippen MR) is 71.0 cm³/mol. The van der Waals surface area contributed by atoms with Gasteiger partial charge in [-0.25, -0.2) is 0 Å². The molecule has 0 atom stereocenters. The van der Waals surface area contributed by atoms with Crippen molar-refractivity contribution in [1.29, 1.82) is 0 Å². The van der Waals surface area contributed by atoms with E-state index in [-0.39, 0.29) is 5.43 Å². The Kier molecular flexibility index (Phi) is 2.63. The molecule has 6 nitrogen and oxygen atoms in total. The third-order valence-electron chi connectivity index (χ3n) is 3.16. The standard InChI is InChI=1S/C13H13N5O/c1-8-3-4-11-10(5-8)12(19)6-9(2)18(11)7-13-14-16-17-15-13/h3-6H,7H2,1-2H3,(H,14,15,16,17). The van der Waals surface area contributed by atoms with E-state index in [1.165, 1.54) is 0 Å². The number of rotatable bonds is 2. The van der Waals surface area contributed by atoms with Crippen LogP contribution in [0.15, 0.2) is 29.1 Å². The molecule has 0 bridgehead atoms. The number of tetrazole rings is 1. The number of fused-ring (bicyclic) bond motifs is 1. The fraction of sp³-hybridized carbons (Fsp3) is 0.231. The number of H-pyrrole nitrogens is 1. The summed E-state index contributed by atoms with van der Waals surface area (Å²) in [5.41, 5.74) is 2.88. The Balaban J connectivity index is 2.26. The topological polar surface area (TPSA) is 76.5 Å². The molecule has 1 aromatic carbocycles. The van der Waals surface area contributed by atoms with Gasteiger partial charge in [0.05, 0.1) is 12.1 Å². The molecular weight excluding hydrogens is 242 g/mol. The maximum absolute atomic E-state index is 12.0. The van der Waals surface area contributed by atoms with E-state index in [1.54, 1.807) is 6.07 Å². The van der Waals surface area contributed by atoms with Crippen molar-refractivity contribution < 1.29 is 0 Å². The van der Waals surface area contributed by atoms with E-state index in [2.05, 4.69) is 20.6 Å². The summed E-state index contributed by atoms with van der Waals surface area (Å²) in [6.45, 7) is 4.37. The Labute approximate surface area is 109 Å². The summed E-state index contributed by atoms with van der Waals surface area (Å²) in [6, 6.07) is 7.50. The van der Waals surface area contributed by atoms with Gasteiger partial charge in [-0.3, -0.25) is 4.79 Å². The number of aryl methyl sites for hydroxylation is 2. The second-order valence-corrected chi connectivity index (χ2v) is 4.58. The molecule has 3 aromatic rings. The van der Waals surface area contributed by atoms with Crippen LogP contribution >= 0.6 is 0 Å². The van der Waals surface area contributed by atoms with Gasteiger partial charge in [0.25, 0.3) is 0 Å². The van der Waals surface area contributed by atoms with Gasteiger partial charge >= 0.3 is 0 Å². The van der Waals surface area contributed by atoms with Crippen molar-refractivity contribution in [2.75, 3.05) is 0 Å². The highest BCUT2D eigenvalue weighted by atomic mass is 16.1. The summed E-state index contributed by atoms with van der Waals surface area (Å²) in [4.78, 5) is 12.0. The van der Waals surface area contributed by atoms with Crippen LogP contribution < -0.4 is 5.43 Å². The van der Waals surface area contributed by atoms with E-state index in [0.717, 1.165) is 16.8 Å². The molecule has 1 N–H and O–H groups in total. The van der Waals surface area contributed by atoms with Crippen LogP contribution in [-0.2, 0) is 6.54 Å². The van der Waals surface area contributed by atoms with Gasteiger partial charge in [0.15, 0.2) is 11.3 Å². The Morgan fingerprint density at radius 3 is 2.84 bits per heavy atom. The molecule has 3 rings (SSSR count). The highest BCUT2D eigenvalue weighted by Crippen LogP contribution is 2.15. The number of nitrogens with zero attached hydrogens (tertiary/aromatic N) is 4. The molecule has 0 aliphatic carbocycles. The van der Waals surface area contributed by atoms with Crippen molar-refractivity contribution in [3.8, 4) is 0 Å². The van der Waals surface area contributed by atoms with Gasteiger partial charge in [-0.2, -0.15) is 5.21 Å².